The first-order chi connectivity index (χ1) is 12.1. The summed E-state index contributed by atoms with van der Waals surface area (Å²) in [4.78, 5) is 9.63. The van der Waals surface area contributed by atoms with E-state index in [1.54, 1.807) is 0 Å². The molecule has 0 aliphatic heterocycles. The Balaban J connectivity index is 2.54. The Kier molecular flexibility index (Phi) is 4.86. The maximum Gasteiger partial charge on any atom is 0.338 e. The summed E-state index contributed by atoms with van der Waals surface area (Å²) in [6.45, 7) is 1.51. The lowest BCUT2D eigenvalue weighted by atomic mass is 10.1. The van der Waals surface area contributed by atoms with Crippen molar-refractivity contribution in [1.82, 2.24) is 0 Å². The predicted octanol–water partition coefficient (Wildman–Crippen LogP) is 5.97. The highest BCUT2D eigenvalue weighted by Crippen LogP contribution is 3.02. The SMILES string of the molecule is COC(=O)c1cc(S(C)=O)c(Oc2cccc(S(F)(F)(F)(F)F)c2)cc1C. The Morgan fingerprint density at radius 1 is 1.07 bits per heavy atom. The number of carbonyl (C=O) groups excluding carboxylic acids is 1. The van der Waals surface area contributed by atoms with Crippen LogP contribution >= 0.6 is 10.2 Å². The molecule has 150 valence electrons. The fourth-order valence-corrected chi connectivity index (χ4v) is 3.54. The van der Waals surface area contributed by atoms with Gasteiger partial charge in [0.2, 0.25) is 0 Å². The van der Waals surface area contributed by atoms with E-state index in [1.807, 2.05) is 0 Å². The van der Waals surface area contributed by atoms with E-state index in [0.717, 1.165) is 19.2 Å². The summed E-state index contributed by atoms with van der Waals surface area (Å²) in [5.74, 6) is -1.34. The number of hydrogen-bond acceptors (Lipinski definition) is 4. The standard InChI is InChI=1S/C16H15F5O4S2/c1-10-7-14(15(26(3)23)9-13(10)16(22)24-2)25-11-5-4-6-12(8-11)27(17,18,19,20)21/h4-9H,1-3H3. The Morgan fingerprint density at radius 2 is 1.70 bits per heavy atom. The van der Waals surface area contributed by atoms with Crippen molar-refractivity contribution >= 4 is 27.0 Å². The van der Waals surface area contributed by atoms with Gasteiger partial charge in [0.25, 0.3) is 0 Å². The summed E-state index contributed by atoms with van der Waals surface area (Å²) >= 11 is 0. The number of benzene rings is 2. The summed E-state index contributed by atoms with van der Waals surface area (Å²) in [5, 5.41) is 0. The number of carbonyl (C=O) groups is 1. The van der Waals surface area contributed by atoms with Crippen LogP contribution in [0.15, 0.2) is 46.2 Å². The molecule has 0 aromatic heterocycles. The molecule has 0 N–H and O–H groups in total. The molecule has 0 bridgehead atoms. The summed E-state index contributed by atoms with van der Waals surface area (Å²) < 4.78 is 86.6. The molecule has 2 aromatic carbocycles. The van der Waals surface area contributed by atoms with Crippen LogP contribution in [0.4, 0.5) is 19.4 Å². The molecule has 0 fully saturated rings. The van der Waals surface area contributed by atoms with E-state index < -0.39 is 37.6 Å². The molecule has 0 amide bonds. The van der Waals surface area contributed by atoms with Crippen LogP contribution in [0.5, 0.6) is 11.5 Å². The van der Waals surface area contributed by atoms with Crippen LogP contribution in [0.2, 0.25) is 0 Å². The lowest BCUT2D eigenvalue weighted by molar-refractivity contribution is 0.0599. The first-order valence-electron chi connectivity index (χ1n) is 7.21. The van der Waals surface area contributed by atoms with Gasteiger partial charge in [0.1, 0.15) is 16.4 Å². The van der Waals surface area contributed by atoms with Gasteiger partial charge in [0.05, 0.1) is 28.4 Å². The van der Waals surface area contributed by atoms with Crippen LogP contribution in [0.25, 0.3) is 0 Å². The Labute approximate surface area is 154 Å². The summed E-state index contributed by atoms with van der Waals surface area (Å²) in [7, 11) is -10.4. The number of ether oxygens (including phenoxy) is 2. The van der Waals surface area contributed by atoms with Gasteiger partial charge >= 0.3 is 16.2 Å². The first kappa shape index (κ1) is 21.2. The second-order valence-electron chi connectivity index (χ2n) is 5.61. The molecule has 27 heavy (non-hydrogen) atoms. The van der Waals surface area contributed by atoms with Crippen molar-refractivity contribution in [3.8, 4) is 11.5 Å². The van der Waals surface area contributed by atoms with E-state index in [2.05, 4.69) is 4.74 Å². The first-order valence-corrected chi connectivity index (χ1v) is 10.7. The third-order valence-electron chi connectivity index (χ3n) is 3.48. The summed E-state index contributed by atoms with van der Waals surface area (Å²) in [6.07, 6.45) is 1.27. The van der Waals surface area contributed by atoms with Crippen molar-refractivity contribution in [2.24, 2.45) is 0 Å². The van der Waals surface area contributed by atoms with Crippen molar-refractivity contribution in [1.29, 1.82) is 0 Å². The average molecular weight is 430 g/mol. The maximum absolute atomic E-state index is 13.0. The second-order valence-corrected chi connectivity index (χ2v) is 9.36. The second kappa shape index (κ2) is 6.20. The average Bonchev–Trinajstić information content (AvgIpc) is 2.52. The van der Waals surface area contributed by atoms with Crippen molar-refractivity contribution in [2.45, 2.75) is 16.7 Å². The molecule has 0 radical (unpaired) electrons. The van der Waals surface area contributed by atoms with E-state index in [4.69, 9.17) is 4.74 Å². The minimum absolute atomic E-state index is 0.00116. The van der Waals surface area contributed by atoms with Gasteiger partial charge in [0, 0.05) is 12.3 Å². The van der Waals surface area contributed by atoms with Crippen molar-refractivity contribution in [3.05, 3.63) is 47.5 Å². The van der Waals surface area contributed by atoms with Gasteiger partial charge in [-0.1, -0.05) is 25.5 Å². The Bertz CT molecular complexity index is 942. The third kappa shape index (κ3) is 4.98. The van der Waals surface area contributed by atoms with E-state index in [9.17, 15) is 28.4 Å². The number of esters is 1. The van der Waals surface area contributed by atoms with E-state index in [0.29, 0.717) is 5.56 Å². The fraction of sp³-hybridized carbons (Fsp3) is 0.188. The van der Waals surface area contributed by atoms with Gasteiger partial charge < -0.3 is 9.47 Å². The quantitative estimate of drug-likeness (QED) is 0.433. The zero-order valence-electron chi connectivity index (χ0n) is 14.3. The molecule has 0 aliphatic rings. The summed E-state index contributed by atoms with van der Waals surface area (Å²) in [5.41, 5.74) is 0.436. The molecule has 0 spiro atoms. The Morgan fingerprint density at radius 3 is 2.22 bits per heavy atom. The minimum atomic E-state index is -9.87. The smallest absolute Gasteiger partial charge is 0.338 e. The number of aryl methyl sites for hydroxylation is 1. The molecule has 4 nitrogen and oxygen atoms in total. The number of methoxy groups -OCH3 is 1. The zero-order chi connectivity index (χ0) is 20.7. The minimum Gasteiger partial charge on any atom is -0.465 e. The van der Waals surface area contributed by atoms with Crippen LogP contribution in [0.3, 0.4) is 0 Å². The zero-order valence-corrected chi connectivity index (χ0v) is 15.9. The molecule has 0 saturated carbocycles. The van der Waals surface area contributed by atoms with E-state index >= 15 is 0 Å². The molecule has 0 saturated heterocycles. The predicted molar refractivity (Wildman–Crippen MR) is 92.8 cm³/mol. The van der Waals surface area contributed by atoms with Crippen LogP contribution < -0.4 is 4.74 Å². The van der Waals surface area contributed by atoms with Gasteiger partial charge in [0.15, 0.2) is 0 Å². The molecule has 0 aliphatic carbocycles. The van der Waals surface area contributed by atoms with E-state index in [-0.39, 0.29) is 28.3 Å². The number of halogens is 5. The monoisotopic (exact) mass is 430 g/mol. The molecule has 11 heteroatoms. The van der Waals surface area contributed by atoms with Crippen LogP contribution in [0, 0.1) is 6.92 Å². The third-order valence-corrected chi connectivity index (χ3v) is 5.57. The largest absolute Gasteiger partial charge is 0.465 e. The molecule has 0 heterocycles. The molecule has 1 atom stereocenters. The van der Waals surface area contributed by atoms with Crippen molar-refractivity contribution in [3.63, 3.8) is 0 Å². The summed E-state index contributed by atoms with van der Waals surface area (Å²) in [6, 6.07) is 4.75. The van der Waals surface area contributed by atoms with Gasteiger partial charge in [-0.2, -0.15) is 0 Å². The molecular weight excluding hydrogens is 415 g/mol. The molecule has 1 unspecified atom stereocenters. The van der Waals surface area contributed by atoms with Crippen molar-refractivity contribution < 1.29 is 37.9 Å². The van der Waals surface area contributed by atoms with Crippen LogP contribution in [0.1, 0.15) is 15.9 Å². The normalized spacial score (nSPS) is 15.4. The lowest BCUT2D eigenvalue weighted by Gasteiger charge is -2.40. The lowest BCUT2D eigenvalue weighted by Crippen LogP contribution is -2.07. The highest BCUT2D eigenvalue weighted by atomic mass is 32.5. The van der Waals surface area contributed by atoms with Gasteiger partial charge in [-0.15, -0.1) is 0 Å². The van der Waals surface area contributed by atoms with Crippen LogP contribution in [-0.4, -0.2) is 23.5 Å². The molecule has 2 aromatic rings. The van der Waals surface area contributed by atoms with Crippen LogP contribution in [-0.2, 0) is 15.5 Å². The number of hydrogen-bond donors (Lipinski definition) is 0. The number of rotatable bonds is 5. The highest BCUT2D eigenvalue weighted by Gasteiger charge is 2.65. The maximum atomic E-state index is 13.0. The molecular formula is C16H15F5O4S2. The highest BCUT2D eigenvalue weighted by molar-refractivity contribution is 8.45. The fourth-order valence-electron chi connectivity index (χ4n) is 2.20. The van der Waals surface area contributed by atoms with E-state index in [1.165, 1.54) is 25.3 Å². The van der Waals surface area contributed by atoms with Gasteiger partial charge in [-0.25, -0.2) is 4.79 Å². The van der Waals surface area contributed by atoms with Gasteiger partial charge in [-0.05, 0) is 36.8 Å². The Hall–Kier alpha value is -2.14. The van der Waals surface area contributed by atoms with Crippen molar-refractivity contribution in [2.75, 3.05) is 13.4 Å². The van der Waals surface area contributed by atoms with Gasteiger partial charge in [-0.3, -0.25) is 4.21 Å². The topological polar surface area (TPSA) is 52.6 Å². The molecule has 2 rings (SSSR count).